The number of imidazole rings is 1. The smallest absolute Gasteiger partial charge is 0.151 e. The molecule has 0 aliphatic heterocycles. The Kier molecular flexibility index (Phi) is 3.88. The summed E-state index contributed by atoms with van der Waals surface area (Å²) in [7, 11) is 0. The minimum Gasteiger partial charge on any atom is -0.321 e. The fraction of sp³-hybridized carbons (Fsp3) is 0.250. The average molecular weight is 304 g/mol. The molecule has 2 heterocycles. The van der Waals surface area contributed by atoms with Gasteiger partial charge in [0.1, 0.15) is 11.3 Å². The highest BCUT2D eigenvalue weighted by Crippen LogP contribution is 2.27. The molecule has 21 heavy (non-hydrogen) atoms. The van der Waals surface area contributed by atoms with Gasteiger partial charge < -0.3 is 4.57 Å². The van der Waals surface area contributed by atoms with E-state index in [4.69, 9.17) is 11.6 Å². The summed E-state index contributed by atoms with van der Waals surface area (Å²) in [6.07, 6.45) is 4.12. The molecule has 3 aromatic rings. The Morgan fingerprint density at radius 1 is 1.24 bits per heavy atom. The summed E-state index contributed by atoms with van der Waals surface area (Å²) in [4.78, 5) is 8.47. The van der Waals surface area contributed by atoms with Gasteiger partial charge in [-0.3, -0.25) is 4.98 Å². The maximum atomic E-state index is 14.0. The van der Waals surface area contributed by atoms with Crippen molar-refractivity contribution in [3.63, 3.8) is 0 Å². The third-order valence-electron chi connectivity index (χ3n) is 3.64. The molecule has 0 amide bonds. The van der Waals surface area contributed by atoms with Crippen LogP contribution in [-0.4, -0.2) is 20.4 Å². The van der Waals surface area contributed by atoms with Crippen LogP contribution in [0.1, 0.15) is 24.4 Å². The van der Waals surface area contributed by atoms with Gasteiger partial charge in [0.15, 0.2) is 5.82 Å². The Morgan fingerprint density at radius 3 is 2.71 bits per heavy atom. The standard InChI is InChI=1S/C16H15ClFN3/c1-11(12-6-9-19-10-7-12)21-14-4-2-3-13(18)16(14)20-15(21)5-8-17/h2-4,6-7,9-11H,5,8H2,1H3. The van der Waals surface area contributed by atoms with Crippen molar-refractivity contribution in [1.29, 1.82) is 0 Å². The summed E-state index contributed by atoms with van der Waals surface area (Å²) in [5.74, 6) is 0.951. The molecule has 2 aromatic heterocycles. The lowest BCUT2D eigenvalue weighted by atomic mass is 10.1. The zero-order valence-corrected chi connectivity index (χ0v) is 12.4. The molecule has 0 saturated carbocycles. The molecule has 0 aliphatic rings. The highest BCUT2D eigenvalue weighted by Gasteiger charge is 2.18. The van der Waals surface area contributed by atoms with Crippen LogP contribution in [0.3, 0.4) is 0 Å². The van der Waals surface area contributed by atoms with E-state index in [1.54, 1.807) is 18.5 Å². The second kappa shape index (κ2) is 5.82. The summed E-state index contributed by atoms with van der Waals surface area (Å²) < 4.78 is 16.0. The molecule has 108 valence electrons. The second-order valence-corrected chi connectivity index (χ2v) is 5.28. The minimum atomic E-state index is -0.302. The number of aryl methyl sites for hydroxylation is 1. The largest absolute Gasteiger partial charge is 0.321 e. The summed E-state index contributed by atoms with van der Waals surface area (Å²) in [5, 5.41) is 0. The number of fused-ring (bicyclic) bond motifs is 1. The van der Waals surface area contributed by atoms with Gasteiger partial charge in [-0.15, -0.1) is 11.6 Å². The van der Waals surface area contributed by atoms with Crippen LogP contribution in [0.15, 0.2) is 42.7 Å². The van der Waals surface area contributed by atoms with Gasteiger partial charge in [0.25, 0.3) is 0 Å². The fourth-order valence-electron chi connectivity index (χ4n) is 2.62. The van der Waals surface area contributed by atoms with E-state index < -0.39 is 0 Å². The highest BCUT2D eigenvalue weighted by molar-refractivity contribution is 6.17. The van der Waals surface area contributed by atoms with Crippen molar-refractivity contribution < 1.29 is 4.39 Å². The molecule has 0 radical (unpaired) electrons. The Bertz CT molecular complexity index is 755. The van der Waals surface area contributed by atoms with Crippen LogP contribution < -0.4 is 0 Å². The van der Waals surface area contributed by atoms with Gasteiger partial charge in [-0.1, -0.05) is 6.07 Å². The van der Waals surface area contributed by atoms with Crippen molar-refractivity contribution in [2.75, 3.05) is 5.88 Å². The van der Waals surface area contributed by atoms with E-state index in [0.717, 1.165) is 16.9 Å². The van der Waals surface area contributed by atoms with E-state index in [2.05, 4.69) is 21.5 Å². The third kappa shape index (κ3) is 2.51. The van der Waals surface area contributed by atoms with Crippen LogP contribution in [0.2, 0.25) is 0 Å². The molecule has 0 N–H and O–H groups in total. The zero-order chi connectivity index (χ0) is 14.8. The van der Waals surface area contributed by atoms with Gasteiger partial charge >= 0.3 is 0 Å². The van der Waals surface area contributed by atoms with Crippen LogP contribution in [-0.2, 0) is 6.42 Å². The van der Waals surface area contributed by atoms with Gasteiger partial charge in [-0.2, -0.15) is 0 Å². The first kappa shape index (κ1) is 14.0. The van der Waals surface area contributed by atoms with Gasteiger partial charge in [-0.25, -0.2) is 9.37 Å². The molecule has 0 bridgehead atoms. The van der Waals surface area contributed by atoms with E-state index in [-0.39, 0.29) is 11.9 Å². The Labute approximate surface area is 127 Å². The van der Waals surface area contributed by atoms with Gasteiger partial charge in [0.05, 0.1) is 11.6 Å². The molecule has 1 atom stereocenters. The van der Waals surface area contributed by atoms with E-state index in [1.165, 1.54) is 6.07 Å². The van der Waals surface area contributed by atoms with Crippen molar-refractivity contribution in [3.05, 3.63) is 59.9 Å². The minimum absolute atomic E-state index is 0.0398. The number of nitrogens with zero attached hydrogens (tertiary/aromatic N) is 3. The zero-order valence-electron chi connectivity index (χ0n) is 11.6. The highest BCUT2D eigenvalue weighted by atomic mass is 35.5. The Balaban J connectivity index is 2.20. The first-order valence-electron chi connectivity index (χ1n) is 6.83. The van der Waals surface area contributed by atoms with Crippen molar-refractivity contribution in [1.82, 2.24) is 14.5 Å². The van der Waals surface area contributed by atoms with Crippen LogP contribution in [0.25, 0.3) is 11.0 Å². The molecule has 1 unspecified atom stereocenters. The van der Waals surface area contributed by atoms with Crippen LogP contribution in [0.5, 0.6) is 0 Å². The number of pyridine rings is 1. The molecule has 3 nitrogen and oxygen atoms in total. The van der Waals surface area contributed by atoms with Crippen molar-refractivity contribution in [2.24, 2.45) is 0 Å². The molecule has 0 saturated heterocycles. The van der Waals surface area contributed by atoms with Crippen molar-refractivity contribution >= 4 is 22.6 Å². The number of rotatable bonds is 4. The predicted octanol–water partition coefficient (Wildman–Crippen LogP) is 3.96. The number of aromatic nitrogens is 3. The van der Waals surface area contributed by atoms with Crippen LogP contribution in [0.4, 0.5) is 4.39 Å². The molecule has 3 rings (SSSR count). The Morgan fingerprint density at radius 2 is 2.00 bits per heavy atom. The topological polar surface area (TPSA) is 30.7 Å². The molecule has 0 aliphatic carbocycles. The number of halogens is 2. The summed E-state index contributed by atoms with van der Waals surface area (Å²) in [6.45, 7) is 2.07. The monoisotopic (exact) mass is 303 g/mol. The molecular formula is C16H15ClFN3. The summed E-state index contributed by atoms with van der Waals surface area (Å²) in [6, 6.07) is 8.99. The SMILES string of the molecule is CC(c1ccncc1)n1c(CCCl)nc2c(F)cccc21. The lowest BCUT2D eigenvalue weighted by Gasteiger charge is -2.17. The van der Waals surface area contributed by atoms with Gasteiger partial charge in [0, 0.05) is 24.7 Å². The van der Waals surface area contributed by atoms with Crippen molar-refractivity contribution in [3.8, 4) is 0 Å². The lowest BCUT2D eigenvalue weighted by Crippen LogP contribution is -2.11. The van der Waals surface area contributed by atoms with E-state index >= 15 is 0 Å². The van der Waals surface area contributed by atoms with Gasteiger partial charge in [-0.05, 0) is 36.8 Å². The van der Waals surface area contributed by atoms with Crippen molar-refractivity contribution in [2.45, 2.75) is 19.4 Å². The maximum absolute atomic E-state index is 14.0. The number of hydrogen-bond donors (Lipinski definition) is 0. The number of para-hydroxylation sites is 1. The predicted molar refractivity (Wildman–Crippen MR) is 82.2 cm³/mol. The van der Waals surface area contributed by atoms with E-state index in [9.17, 15) is 4.39 Å². The number of hydrogen-bond acceptors (Lipinski definition) is 2. The first-order valence-corrected chi connectivity index (χ1v) is 7.37. The quantitative estimate of drug-likeness (QED) is 0.683. The second-order valence-electron chi connectivity index (χ2n) is 4.90. The molecule has 0 spiro atoms. The average Bonchev–Trinajstić information content (AvgIpc) is 2.87. The lowest BCUT2D eigenvalue weighted by molar-refractivity contribution is 0.623. The number of alkyl halides is 1. The van der Waals surface area contributed by atoms with Gasteiger partial charge in [0.2, 0.25) is 0 Å². The fourth-order valence-corrected chi connectivity index (χ4v) is 2.78. The third-order valence-corrected chi connectivity index (χ3v) is 3.83. The molecular weight excluding hydrogens is 289 g/mol. The van der Waals surface area contributed by atoms with E-state index in [1.807, 2.05) is 18.2 Å². The molecule has 1 aromatic carbocycles. The normalized spacial score (nSPS) is 12.7. The van der Waals surface area contributed by atoms with Crippen LogP contribution in [0, 0.1) is 5.82 Å². The first-order chi connectivity index (χ1) is 10.2. The summed E-state index contributed by atoms with van der Waals surface area (Å²) in [5.41, 5.74) is 2.29. The Hall–Kier alpha value is -1.94. The number of benzene rings is 1. The molecule has 0 fully saturated rings. The van der Waals surface area contributed by atoms with E-state index in [0.29, 0.717) is 17.8 Å². The van der Waals surface area contributed by atoms with Crippen LogP contribution >= 0.6 is 11.6 Å². The maximum Gasteiger partial charge on any atom is 0.151 e. The summed E-state index contributed by atoms with van der Waals surface area (Å²) >= 11 is 5.87. The molecule has 5 heteroatoms.